The van der Waals surface area contributed by atoms with Crippen molar-refractivity contribution < 1.29 is 15.0 Å². The normalized spacial score (nSPS) is 13.9. The zero-order valence-corrected chi connectivity index (χ0v) is 18.1. The molecular weight excluding hydrogens is 352 g/mol. The van der Waals surface area contributed by atoms with E-state index in [0.29, 0.717) is 12.8 Å². The van der Waals surface area contributed by atoms with Crippen molar-refractivity contribution in [2.24, 2.45) is 10.9 Å². The first-order chi connectivity index (χ1) is 13.7. The van der Waals surface area contributed by atoms with E-state index in [1.54, 1.807) is 6.34 Å². The SMILES string of the molecule is C1=NCCN1.CCCCCCCC/C=C\CCCCCCC(CCO)C(=O)O. The maximum atomic E-state index is 10.9. The Hall–Kier alpha value is -1.36. The molecule has 0 aromatic carbocycles. The predicted octanol–water partition coefficient (Wildman–Crippen LogP) is 5.33. The topological polar surface area (TPSA) is 81.9 Å². The van der Waals surface area contributed by atoms with Crippen molar-refractivity contribution in [1.29, 1.82) is 0 Å². The van der Waals surface area contributed by atoms with E-state index in [0.717, 1.165) is 32.4 Å². The van der Waals surface area contributed by atoms with Crippen LogP contribution in [0.4, 0.5) is 0 Å². The Morgan fingerprint density at radius 2 is 1.61 bits per heavy atom. The highest BCUT2D eigenvalue weighted by Crippen LogP contribution is 2.15. The number of aliphatic imine (C=N–C) groups is 1. The number of carbonyl (C=O) groups is 1. The van der Waals surface area contributed by atoms with Gasteiger partial charge in [-0.05, 0) is 38.5 Å². The summed E-state index contributed by atoms with van der Waals surface area (Å²) in [5.41, 5.74) is 0. The minimum absolute atomic E-state index is 0.0274. The highest BCUT2D eigenvalue weighted by Gasteiger charge is 2.15. The van der Waals surface area contributed by atoms with Crippen LogP contribution in [0.3, 0.4) is 0 Å². The van der Waals surface area contributed by atoms with E-state index in [-0.39, 0.29) is 12.5 Å². The molecule has 5 heteroatoms. The van der Waals surface area contributed by atoms with Gasteiger partial charge in [-0.2, -0.15) is 0 Å². The van der Waals surface area contributed by atoms with Gasteiger partial charge in [0.15, 0.2) is 0 Å². The monoisotopic (exact) mass is 396 g/mol. The average molecular weight is 397 g/mol. The molecular formula is C23H44N2O3. The second kappa shape index (κ2) is 21.9. The maximum Gasteiger partial charge on any atom is 0.306 e. The van der Waals surface area contributed by atoms with Crippen LogP contribution in [0, 0.1) is 5.92 Å². The van der Waals surface area contributed by atoms with E-state index in [4.69, 9.17) is 10.2 Å². The lowest BCUT2D eigenvalue weighted by Crippen LogP contribution is -2.15. The zero-order valence-electron chi connectivity index (χ0n) is 18.1. The first-order valence-electron chi connectivity index (χ1n) is 11.4. The molecule has 1 heterocycles. The van der Waals surface area contributed by atoms with E-state index in [9.17, 15) is 4.79 Å². The van der Waals surface area contributed by atoms with Gasteiger partial charge in [0.2, 0.25) is 0 Å². The number of aliphatic hydroxyl groups is 1. The first-order valence-corrected chi connectivity index (χ1v) is 11.4. The smallest absolute Gasteiger partial charge is 0.306 e. The Morgan fingerprint density at radius 3 is 2.07 bits per heavy atom. The lowest BCUT2D eigenvalue weighted by atomic mass is 9.98. The summed E-state index contributed by atoms with van der Waals surface area (Å²) < 4.78 is 0. The number of nitrogens with zero attached hydrogens (tertiary/aromatic N) is 1. The van der Waals surface area contributed by atoms with Crippen LogP contribution in [0.5, 0.6) is 0 Å². The van der Waals surface area contributed by atoms with Gasteiger partial charge in [0, 0.05) is 13.2 Å². The fourth-order valence-electron chi connectivity index (χ4n) is 3.15. The lowest BCUT2D eigenvalue weighted by molar-refractivity contribution is -0.142. The summed E-state index contributed by atoms with van der Waals surface area (Å²) in [6.45, 7) is 4.21. The summed E-state index contributed by atoms with van der Waals surface area (Å²) in [5.74, 6) is -1.13. The van der Waals surface area contributed by atoms with Crippen LogP contribution in [0.1, 0.15) is 96.8 Å². The first kappa shape index (κ1) is 26.6. The highest BCUT2D eigenvalue weighted by molar-refractivity contribution is 5.69. The number of carboxylic acid groups (broad SMARTS) is 1. The summed E-state index contributed by atoms with van der Waals surface area (Å²) >= 11 is 0. The van der Waals surface area contributed by atoms with Gasteiger partial charge in [-0.15, -0.1) is 0 Å². The largest absolute Gasteiger partial charge is 0.481 e. The van der Waals surface area contributed by atoms with Gasteiger partial charge >= 0.3 is 5.97 Å². The number of hydrogen-bond acceptors (Lipinski definition) is 4. The molecule has 0 fully saturated rings. The van der Waals surface area contributed by atoms with Crippen LogP contribution in [-0.4, -0.2) is 42.2 Å². The fourth-order valence-corrected chi connectivity index (χ4v) is 3.15. The van der Waals surface area contributed by atoms with Gasteiger partial charge in [0.25, 0.3) is 0 Å². The number of allylic oxidation sites excluding steroid dienone is 2. The third kappa shape index (κ3) is 19.4. The summed E-state index contributed by atoms with van der Waals surface area (Å²) in [6, 6.07) is 0. The van der Waals surface area contributed by atoms with Gasteiger partial charge in [0.1, 0.15) is 0 Å². The molecule has 28 heavy (non-hydrogen) atoms. The van der Waals surface area contributed by atoms with Gasteiger partial charge in [-0.25, -0.2) is 0 Å². The molecule has 1 rings (SSSR count). The van der Waals surface area contributed by atoms with E-state index < -0.39 is 5.97 Å². The molecule has 0 saturated carbocycles. The van der Waals surface area contributed by atoms with Crippen molar-refractivity contribution in [1.82, 2.24) is 5.32 Å². The Morgan fingerprint density at radius 1 is 1.00 bits per heavy atom. The van der Waals surface area contributed by atoms with Crippen LogP contribution in [0.25, 0.3) is 0 Å². The molecule has 5 nitrogen and oxygen atoms in total. The molecule has 3 N–H and O–H groups in total. The van der Waals surface area contributed by atoms with Gasteiger partial charge < -0.3 is 15.5 Å². The van der Waals surface area contributed by atoms with Crippen molar-refractivity contribution in [3.63, 3.8) is 0 Å². The van der Waals surface area contributed by atoms with E-state index >= 15 is 0 Å². The van der Waals surface area contributed by atoms with E-state index in [1.165, 1.54) is 57.8 Å². The fraction of sp³-hybridized carbons (Fsp3) is 0.826. The minimum atomic E-state index is -0.767. The molecule has 0 bridgehead atoms. The number of unbranched alkanes of at least 4 members (excludes halogenated alkanes) is 10. The highest BCUT2D eigenvalue weighted by atomic mass is 16.4. The Labute approximate surface area is 172 Å². The Balaban J connectivity index is 0.00000125. The summed E-state index contributed by atoms with van der Waals surface area (Å²) in [7, 11) is 0. The quantitative estimate of drug-likeness (QED) is 0.229. The van der Waals surface area contributed by atoms with Crippen molar-refractivity contribution in [3.8, 4) is 0 Å². The number of carboxylic acids is 1. The average Bonchev–Trinajstić information content (AvgIpc) is 3.27. The summed E-state index contributed by atoms with van der Waals surface area (Å²) in [5, 5.41) is 20.7. The minimum Gasteiger partial charge on any atom is -0.481 e. The Bertz CT molecular complexity index is 391. The van der Waals surface area contributed by atoms with Crippen LogP contribution < -0.4 is 5.32 Å². The second-order valence-electron chi connectivity index (χ2n) is 7.56. The standard InChI is InChI=1S/C20H38O3.C3H6N2/c1-2-3-4-5-6-7-8-9-10-11-12-13-14-15-16-19(17-18-21)20(22)23;1-2-5-3-4-1/h9-10,19,21H,2-8,11-18H2,1H3,(H,22,23);3H,1-2H2,(H,4,5)/b10-9-;. The van der Waals surface area contributed by atoms with Crippen molar-refractivity contribution in [2.45, 2.75) is 96.8 Å². The predicted molar refractivity (Wildman–Crippen MR) is 119 cm³/mol. The molecule has 0 aliphatic carbocycles. The Kier molecular flexibility index (Phi) is 20.9. The summed E-state index contributed by atoms with van der Waals surface area (Å²) in [4.78, 5) is 14.8. The van der Waals surface area contributed by atoms with Crippen molar-refractivity contribution >= 4 is 12.3 Å². The number of aliphatic carboxylic acids is 1. The molecule has 164 valence electrons. The van der Waals surface area contributed by atoms with Gasteiger partial charge in [-0.3, -0.25) is 9.79 Å². The van der Waals surface area contributed by atoms with Crippen LogP contribution >= 0.6 is 0 Å². The molecule has 0 aromatic rings. The van der Waals surface area contributed by atoms with E-state index in [2.05, 4.69) is 29.4 Å². The molecule has 1 aliphatic heterocycles. The molecule has 0 spiro atoms. The second-order valence-corrected chi connectivity index (χ2v) is 7.56. The van der Waals surface area contributed by atoms with Crippen LogP contribution in [0.2, 0.25) is 0 Å². The molecule has 0 saturated heterocycles. The zero-order chi connectivity index (χ0) is 20.7. The van der Waals surface area contributed by atoms with Gasteiger partial charge in [0.05, 0.1) is 18.8 Å². The number of rotatable bonds is 17. The molecule has 0 amide bonds. The molecule has 1 aliphatic rings. The van der Waals surface area contributed by atoms with E-state index in [1.807, 2.05) is 0 Å². The van der Waals surface area contributed by atoms with Crippen LogP contribution in [0.15, 0.2) is 17.1 Å². The van der Waals surface area contributed by atoms with Crippen molar-refractivity contribution in [2.75, 3.05) is 19.7 Å². The lowest BCUT2D eigenvalue weighted by Gasteiger charge is -2.09. The van der Waals surface area contributed by atoms with Gasteiger partial charge in [-0.1, -0.05) is 70.4 Å². The number of aliphatic hydroxyl groups excluding tert-OH is 1. The molecule has 1 atom stereocenters. The van der Waals surface area contributed by atoms with Crippen molar-refractivity contribution in [3.05, 3.63) is 12.2 Å². The summed E-state index contributed by atoms with van der Waals surface area (Å²) in [6.07, 6.45) is 22.4. The third-order valence-corrected chi connectivity index (χ3v) is 4.96. The third-order valence-electron chi connectivity index (χ3n) is 4.96. The maximum absolute atomic E-state index is 10.9. The molecule has 0 aromatic heterocycles. The number of hydrogen-bond donors (Lipinski definition) is 3. The molecule has 1 unspecified atom stereocenters. The molecule has 0 radical (unpaired) electrons. The van der Waals surface area contributed by atoms with Crippen LogP contribution in [-0.2, 0) is 4.79 Å². The number of nitrogens with one attached hydrogen (secondary N) is 1.